The van der Waals surface area contributed by atoms with Crippen molar-refractivity contribution in [3.8, 4) is 0 Å². The second-order valence-electron chi connectivity index (χ2n) is 9.81. The lowest BCUT2D eigenvalue weighted by Gasteiger charge is -2.46. The van der Waals surface area contributed by atoms with Crippen LogP contribution in [0, 0.1) is 5.92 Å². The highest BCUT2D eigenvalue weighted by molar-refractivity contribution is 5.14. The van der Waals surface area contributed by atoms with Crippen LogP contribution in [-0.2, 0) is 11.2 Å². The maximum Gasteiger partial charge on any atom is 0.0506 e. The molecule has 0 aromatic heterocycles. The van der Waals surface area contributed by atoms with Crippen LogP contribution in [0.3, 0.4) is 0 Å². The molecule has 0 aliphatic carbocycles. The van der Waals surface area contributed by atoms with Crippen LogP contribution in [0.4, 0.5) is 0 Å². The Labute approximate surface area is 184 Å². The van der Waals surface area contributed by atoms with Crippen LogP contribution in [0.25, 0.3) is 0 Å². The molecule has 2 atom stereocenters. The number of piperazine rings is 1. The molecule has 0 spiro atoms. The summed E-state index contributed by atoms with van der Waals surface area (Å²) in [6.07, 6.45) is 10.6. The first-order valence-corrected chi connectivity index (χ1v) is 12.7. The van der Waals surface area contributed by atoms with Crippen LogP contribution in [0.1, 0.15) is 50.5 Å². The number of nitrogens with zero attached hydrogens (tertiary/aromatic N) is 3. The molecule has 0 unspecified atom stereocenters. The number of piperidine rings is 2. The molecule has 0 N–H and O–H groups in total. The lowest BCUT2D eigenvalue weighted by Crippen LogP contribution is -2.56. The molecule has 3 saturated heterocycles. The van der Waals surface area contributed by atoms with Crippen LogP contribution in [0.5, 0.6) is 0 Å². The first kappa shape index (κ1) is 22.3. The number of benzene rings is 1. The van der Waals surface area contributed by atoms with Crippen molar-refractivity contribution in [3.63, 3.8) is 0 Å². The topological polar surface area (TPSA) is 19.0 Å². The number of hydrogen-bond donors (Lipinski definition) is 0. The van der Waals surface area contributed by atoms with Gasteiger partial charge in [0.2, 0.25) is 0 Å². The Morgan fingerprint density at radius 3 is 2.50 bits per heavy atom. The van der Waals surface area contributed by atoms with E-state index in [0.717, 1.165) is 25.2 Å². The Morgan fingerprint density at radius 1 is 0.800 bits per heavy atom. The Bertz CT molecular complexity index is 589. The van der Waals surface area contributed by atoms with Gasteiger partial charge in [-0.05, 0) is 76.1 Å². The molecule has 168 valence electrons. The molecule has 3 aliphatic heterocycles. The van der Waals surface area contributed by atoms with Crippen molar-refractivity contribution in [2.45, 2.75) is 57.4 Å². The average molecular weight is 414 g/mol. The maximum absolute atomic E-state index is 6.10. The Balaban J connectivity index is 1.06. The lowest BCUT2D eigenvalue weighted by molar-refractivity contribution is -0.00140. The summed E-state index contributed by atoms with van der Waals surface area (Å²) < 4.78 is 6.10. The molecular weight excluding hydrogens is 370 g/mol. The van der Waals surface area contributed by atoms with Crippen LogP contribution >= 0.6 is 0 Å². The fraction of sp³-hybridized carbons (Fsp3) is 0.769. The fourth-order valence-corrected chi connectivity index (χ4v) is 5.64. The molecule has 1 aromatic rings. The second kappa shape index (κ2) is 12.2. The third kappa shape index (κ3) is 7.05. The van der Waals surface area contributed by atoms with Crippen LogP contribution in [0.15, 0.2) is 30.3 Å². The SMILES string of the molecule is c1ccc(CCCN2CCN3C[C@@H](COCCCN4CCCCC4)CC[C@H]3C2)cc1. The van der Waals surface area contributed by atoms with Gasteiger partial charge in [0.05, 0.1) is 6.61 Å². The van der Waals surface area contributed by atoms with E-state index < -0.39 is 0 Å². The summed E-state index contributed by atoms with van der Waals surface area (Å²) in [6, 6.07) is 11.7. The van der Waals surface area contributed by atoms with Crippen molar-refractivity contribution in [1.82, 2.24) is 14.7 Å². The van der Waals surface area contributed by atoms with Crippen molar-refractivity contribution < 1.29 is 4.74 Å². The first-order valence-electron chi connectivity index (χ1n) is 12.7. The predicted octanol–water partition coefficient (Wildman–Crippen LogP) is 3.91. The maximum atomic E-state index is 6.10. The molecule has 0 bridgehead atoms. The number of rotatable bonds is 10. The van der Waals surface area contributed by atoms with E-state index in [1.807, 2.05) is 0 Å². The summed E-state index contributed by atoms with van der Waals surface area (Å²) >= 11 is 0. The van der Waals surface area contributed by atoms with Gasteiger partial charge in [-0.25, -0.2) is 0 Å². The Hall–Kier alpha value is -0.940. The normalized spacial score (nSPS) is 26.5. The largest absolute Gasteiger partial charge is 0.381 e. The number of likely N-dealkylation sites (tertiary alicyclic amines) is 1. The van der Waals surface area contributed by atoms with Crippen molar-refractivity contribution >= 4 is 0 Å². The first-order chi connectivity index (χ1) is 14.9. The molecule has 0 saturated carbocycles. The molecule has 3 fully saturated rings. The third-order valence-electron chi connectivity index (χ3n) is 7.44. The van der Waals surface area contributed by atoms with Crippen LogP contribution in [0.2, 0.25) is 0 Å². The minimum Gasteiger partial charge on any atom is -0.381 e. The lowest BCUT2D eigenvalue weighted by atomic mass is 9.91. The molecule has 3 heterocycles. The van der Waals surface area contributed by atoms with Gasteiger partial charge in [0.25, 0.3) is 0 Å². The molecule has 4 rings (SSSR count). The zero-order valence-electron chi connectivity index (χ0n) is 19.0. The predicted molar refractivity (Wildman–Crippen MR) is 125 cm³/mol. The van der Waals surface area contributed by atoms with Crippen LogP contribution < -0.4 is 0 Å². The molecule has 0 amide bonds. The van der Waals surface area contributed by atoms with Gasteiger partial charge in [0, 0.05) is 45.4 Å². The zero-order chi connectivity index (χ0) is 20.4. The second-order valence-corrected chi connectivity index (χ2v) is 9.81. The quantitative estimate of drug-likeness (QED) is 0.541. The summed E-state index contributed by atoms with van der Waals surface area (Å²) in [5.74, 6) is 0.751. The van der Waals surface area contributed by atoms with E-state index in [-0.39, 0.29) is 0 Å². The van der Waals surface area contributed by atoms with Gasteiger partial charge in [-0.1, -0.05) is 36.8 Å². The smallest absolute Gasteiger partial charge is 0.0506 e. The highest BCUT2D eigenvalue weighted by Gasteiger charge is 2.32. The number of ether oxygens (including phenoxy) is 1. The van der Waals surface area contributed by atoms with Gasteiger partial charge >= 0.3 is 0 Å². The van der Waals surface area contributed by atoms with Gasteiger partial charge in [-0.2, -0.15) is 0 Å². The molecule has 4 heteroatoms. The number of fused-ring (bicyclic) bond motifs is 1. The average Bonchev–Trinajstić information content (AvgIpc) is 2.80. The summed E-state index contributed by atoms with van der Waals surface area (Å²) in [6.45, 7) is 12.1. The number of hydrogen-bond acceptors (Lipinski definition) is 4. The standard InChI is InChI=1S/C26H43N3O/c1-3-9-24(10-4-1)11-7-16-28-18-19-29-21-25(12-13-26(29)22-28)23-30-20-8-17-27-14-5-2-6-15-27/h1,3-4,9-10,25-26H,2,5-8,11-23H2/t25-,26-/m0/s1. The van der Waals surface area contributed by atoms with E-state index in [9.17, 15) is 0 Å². The van der Waals surface area contributed by atoms with Gasteiger partial charge in [-0.15, -0.1) is 0 Å². The van der Waals surface area contributed by atoms with Gasteiger partial charge in [0.15, 0.2) is 0 Å². The van der Waals surface area contributed by atoms with E-state index in [1.165, 1.54) is 109 Å². The number of aryl methyl sites for hydroxylation is 1. The minimum atomic E-state index is 0.751. The molecule has 4 nitrogen and oxygen atoms in total. The molecular formula is C26H43N3O. The summed E-state index contributed by atoms with van der Waals surface area (Å²) in [5, 5.41) is 0. The van der Waals surface area contributed by atoms with Crippen molar-refractivity contribution in [3.05, 3.63) is 35.9 Å². The fourth-order valence-electron chi connectivity index (χ4n) is 5.64. The van der Waals surface area contributed by atoms with E-state index in [2.05, 4.69) is 45.0 Å². The molecule has 3 aliphatic rings. The molecule has 30 heavy (non-hydrogen) atoms. The van der Waals surface area contributed by atoms with Crippen LogP contribution in [-0.4, -0.2) is 86.3 Å². The Morgan fingerprint density at radius 2 is 1.63 bits per heavy atom. The highest BCUT2D eigenvalue weighted by Crippen LogP contribution is 2.25. The summed E-state index contributed by atoms with van der Waals surface area (Å²) in [7, 11) is 0. The highest BCUT2D eigenvalue weighted by atomic mass is 16.5. The molecule has 1 aromatic carbocycles. The summed E-state index contributed by atoms with van der Waals surface area (Å²) in [5.41, 5.74) is 1.48. The third-order valence-corrected chi connectivity index (χ3v) is 7.44. The summed E-state index contributed by atoms with van der Waals surface area (Å²) in [4.78, 5) is 8.10. The monoisotopic (exact) mass is 413 g/mol. The van der Waals surface area contributed by atoms with E-state index in [1.54, 1.807) is 0 Å². The van der Waals surface area contributed by atoms with Crippen molar-refractivity contribution in [1.29, 1.82) is 0 Å². The minimum absolute atomic E-state index is 0.751. The van der Waals surface area contributed by atoms with E-state index in [0.29, 0.717) is 0 Å². The van der Waals surface area contributed by atoms with Gasteiger partial charge < -0.3 is 14.5 Å². The van der Waals surface area contributed by atoms with Crippen molar-refractivity contribution in [2.75, 3.05) is 65.6 Å². The van der Waals surface area contributed by atoms with E-state index >= 15 is 0 Å². The Kier molecular flexibility index (Phi) is 9.04. The van der Waals surface area contributed by atoms with E-state index in [4.69, 9.17) is 4.74 Å². The zero-order valence-corrected chi connectivity index (χ0v) is 19.0. The van der Waals surface area contributed by atoms with Gasteiger partial charge in [-0.3, -0.25) is 4.90 Å². The van der Waals surface area contributed by atoms with Gasteiger partial charge in [0.1, 0.15) is 0 Å². The molecule has 0 radical (unpaired) electrons. The van der Waals surface area contributed by atoms with Crippen molar-refractivity contribution in [2.24, 2.45) is 5.92 Å².